The summed E-state index contributed by atoms with van der Waals surface area (Å²) in [6.45, 7) is 15.4. The molecule has 0 saturated heterocycles. The van der Waals surface area contributed by atoms with Gasteiger partial charge in [-0.3, -0.25) is 0 Å². The summed E-state index contributed by atoms with van der Waals surface area (Å²) >= 11 is 0. The van der Waals surface area contributed by atoms with Crippen LogP contribution in [0.4, 0.5) is 0 Å². The highest BCUT2D eigenvalue weighted by Crippen LogP contribution is 2.37. The monoisotopic (exact) mass is 239 g/mol. The summed E-state index contributed by atoms with van der Waals surface area (Å²) in [6.07, 6.45) is 4.29. The van der Waals surface area contributed by atoms with Crippen LogP contribution in [-0.4, -0.2) is 12.6 Å². The Morgan fingerprint density at radius 2 is 1.71 bits per heavy atom. The SMILES string of the molecule is CCNC(C1CCC(C)C(C)C1)C(C)C(C)C. The molecule has 102 valence electrons. The largest absolute Gasteiger partial charge is 0.314 e. The molecular formula is C16H33N. The molecule has 1 saturated carbocycles. The van der Waals surface area contributed by atoms with Crippen LogP contribution >= 0.6 is 0 Å². The number of rotatable bonds is 5. The average molecular weight is 239 g/mol. The molecule has 1 aliphatic rings. The maximum absolute atomic E-state index is 3.77. The number of hydrogen-bond acceptors (Lipinski definition) is 1. The van der Waals surface area contributed by atoms with Gasteiger partial charge in [-0.1, -0.05) is 48.0 Å². The normalized spacial score (nSPS) is 33.7. The lowest BCUT2D eigenvalue weighted by Gasteiger charge is -2.40. The number of nitrogens with one attached hydrogen (secondary N) is 1. The van der Waals surface area contributed by atoms with Crippen LogP contribution < -0.4 is 5.32 Å². The lowest BCUT2D eigenvalue weighted by Crippen LogP contribution is -2.45. The van der Waals surface area contributed by atoms with Gasteiger partial charge >= 0.3 is 0 Å². The van der Waals surface area contributed by atoms with E-state index in [4.69, 9.17) is 0 Å². The molecule has 0 aromatic carbocycles. The molecule has 1 N–H and O–H groups in total. The van der Waals surface area contributed by atoms with Crippen LogP contribution in [0.5, 0.6) is 0 Å². The van der Waals surface area contributed by atoms with Gasteiger partial charge in [-0.25, -0.2) is 0 Å². The zero-order valence-corrected chi connectivity index (χ0v) is 12.8. The summed E-state index contributed by atoms with van der Waals surface area (Å²) in [5, 5.41) is 3.77. The van der Waals surface area contributed by atoms with Crippen LogP contribution in [0.1, 0.15) is 60.8 Å². The molecule has 0 radical (unpaired) electrons. The van der Waals surface area contributed by atoms with Crippen molar-refractivity contribution >= 4 is 0 Å². The Bertz CT molecular complexity index is 212. The summed E-state index contributed by atoms with van der Waals surface area (Å²) < 4.78 is 0. The topological polar surface area (TPSA) is 12.0 Å². The third-order valence-corrected chi connectivity index (χ3v) is 5.20. The van der Waals surface area contributed by atoms with Gasteiger partial charge in [0.1, 0.15) is 0 Å². The average Bonchev–Trinajstić information content (AvgIpc) is 2.29. The van der Waals surface area contributed by atoms with Gasteiger partial charge in [-0.05, 0) is 49.0 Å². The Balaban J connectivity index is 2.64. The minimum Gasteiger partial charge on any atom is -0.314 e. The maximum atomic E-state index is 3.77. The van der Waals surface area contributed by atoms with E-state index in [-0.39, 0.29) is 0 Å². The van der Waals surface area contributed by atoms with Gasteiger partial charge in [0.15, 0.2) is 0 Å². The van der Waals surface area contributed by atoms with Crippen molar-refractivity contribution in [2.45, 2.75) is 66.8 Å². The van der Waals surface area contributed by atoms with Crippen LogP contribution in [0.2, 0.25) is 0 Å². The van der Waals surface area contributed by atoms with Gasteiger partial charge in [0.25, 0.3) is 0 Å². The van der Waals surface area contributed by atoms with Crippen LogP contribution in [0, 0.1) is 29.6 Å². The minimum absolute atomic E-state index is 0.731. The van der Waals surface area contributed by atoms with E-state index < -0.39 is 0 Å². The first-order valence-electron chi connectivity index (χ1n) is 7.70. The molecule has 1 nitrogen and oxygen atoms in total. The van der Waals surface area contributed by atoms with Gasteiger partial charge < -0.3 is 5.32 Å². The zero-order chi connectivity index (χ0) is 13.0. The smallest absolute Gasteiger partial charge is 0.0123 e. The minimum atomic E-state index is 0.731. The standard InChI is InChI=1S/C16H33N/c1-7-17-16(14(6)11(2)3)15-9-8-12(4)13(5)10-15/h11-17H,7-10H2,1-6H3. The molecule has 17 heavy (non-hydrogen) atoms. The molecule has 0 spiro atoms. The third kappa shape index (κ3) is 3.98. The van der Waals surface area contributed by atoms with Crippen LogP contribution in [0.25, 0.3) is 0 Å². The van der Waals surface area contributed by atoms with Crippen molar-refractivity contribution in [2.75, 3.05) is 6.54 Å². The van der Waals surface area contributed by atoms with Crippen molar-refractivity contribution in [3.8, 4) is 0 Å². The highest BCUT2D eigenvalue weighted by Gasteiger charge is 2.33. The van der Waals surface area contributed by atoms with E-state index in [2.05, 4.69) is 46.9 Å². The second kappa shape index (κ2) is 6.78. The second-order valence-corrected chi connectivity index (χ2v) is 6.71. The predicted molar refractivity (Wildman–Crippen MR) is 77.1 cm³/mol. The molecule has 0 aromatic rings. The number of hydrogen-bond donors (Lipinski definition) is 1. The van der Waals surface area contributed by atoms with Crippen molar-refractivity contribution in [1.29, 1.82) is 0 Å². The Morgan fingerprint density at radius 1 is 1.06 bits per heavy atom. The molecule has 1 rings (SSSR count). The van der Waals surface area contributed by atoms with Crippen molar-refractivity contribution in [2.24, 2.45) is 29.6 Å². The van der Waals surface area contributed by atoms with E-state index in [0.717, 1.165) is 42.2 Å². The molecule has 0 amide bonds. The first-order valence-corrected chi connectivity index (χ1v) is 7.70. The van der Waals surface area contributed by atoms with Gasteiger partial charge in [-0.15, -0.1) is 0 Å². The van der Waals surface area contributed by atoms with Crippen LogP contribution in [0.15, 0.2) is 0 Å². The van der Waals surface area contributed by atoms with Crippen molar-refractivity contribution in [3.05, 3.63) is 0 Å². The highest BCUT2D eigenvalue weighted by molar-refractivity contribution is 4.87. The highest BCUT2D eigenvalue weighted by atomic mass is 14.9. The van der Waals surface area contributed by atoms with E-state index in [9.17, 15) is 0 Å². The molecule has 5 atom stereocenters. The Hall–Kier alpha value is -0.0400. The van der Waals surface area contributed by atoms with Crippen molar-refractivity contribution in [1.82, 2.24) is 5.32 Å². The maximum Gasteiger partial charge on any atom is 0.0123 e. The van der Waals surface area contributed by atoms with E-state index in [1.807, 2.05) is 0 Å². The van der Waals surface area contributed by atoms with E-state index in [0.29, 0.717) is 0 Å². The first-order chi connectivity index (χ1) is 7.97. The predicted octanol–water partition coefficient (Wildman–Crippen LogP) is 4.33. The molecule has 5 unspecified atom stereocenters. The summed E-state index contributed by atoms with van der Waals surface area (Å²) in [7, 11) is 0. The van der Waals surface area contributed by atoms with E-state index in [1.54, 1.807) is 0 Å². The molecule has 1 fully saturated rings. The quantitative estimate of drug-likeness (QED) is 0.753. The van der Waals surface area contributed by atoms with Crippen LogP contribution in [0.3, 0.4) is 0 Å². The zero-order valence-electron chi connectivity index (χ0n) is 12.8. The fourth-order valence-electron chi connectivity index (χ4n) is 3.35. The molecule has 1 heteroatoms. The fraction of sp³-hybridized carbons (Fsp3) is 1.00. The Kier molecular flexibility index (Phi) is 5.99. The van der Waals surface area contributed by atoms with Gasteiger partial charge in [0, 0.05) is 6.04 Å². The molecule has 0 heterocycles. The molecular weight excluding hydrogens is 206 g/mol. The molecule has 0 aromatic heterocycles. The lowest BCUT2D eigenvalue weighted by molar-refractivity contribution is 0.131. The molecule has 0 aliphatic heterocycles. The van der Waals surface area contributed by atoms with Gasteiger partial charge in [0.05, 0.1) is 0 Å². The fourth-order valence-corrected chi connectivity index (χ4v) is 3.35. The van der Waals surface area contributed by atoms with E-state index in [1.165, 1.54) is 19.3 Å². The summed E-state index contributed by atoms with van der Waals surface area (Å²) in [4.78, 5) is 0. The van der Waals surface area contributed by atoms with Gasteiger partial charge in [-0.2, -0.15) is 0 Å². The second-order valence-electron chi connectivity index (χ2n) is 6.71. The van der Waals surface area contributed by atoms with Crippen molar-refractivity contribution < 1.29 is 0 Å². The van der Waals surface area contributed by atoms with E-state index >= 15 is 0 Å². The molecule has 0 bridgehead atoms. The summed E-state index contributed by atoms with van der Waals surface area (Å²) in [5.41, 5.74) is 0. The summed E-state index contributed by atoms with van der Waals surface area (Å²) in [5.74, 6) is 4.32. The lowest BCUT2D eigenvalue weighted by atomic mass is 9.69. The third-order valence-electron chi connectivity index (χ3n) is 5.20. The Labute approximate surface area is 109 Å². The van der Waals surface area contributed by atoms with Gasteiger partial charge in [0.2, 0.25) is 0 Å². The Morgan fingerprint density at radius 3 is 2.18 bits per heavy atom. The first kappa shape index (κ1) is 15.0. The molecule has 1 aliphatic carbocycles. The van der Waals surface area contributed by atoms with Crippen LogP contribution in [-0.2, 0) is 0 Å². The summed E-state index contributed by atoms with van der Waals surface area (Å²) in [6, 6.07) is 0.731. The van der Waals surface area contributed by atoms with Crippen molar-refractivity contribution in [3.63, 3.8) is 0 Å².